The molecule has 5 nitrogen and oxygen atoms in total. The fraction of sp³-hybridized carbons (Fsp3) is 0.533. The molecule has 0 fully saturated rings. The topological polar surface area (TPSA) is 59.6 Å². The molecule has 0 spiro atoms. The monoisotopic (exact) mass is 280 g/mol. The minimum Gasteiger partial charge on any atom is -0.497 e. The lowest BCUT2D eigenvalue weighted by Crippen LogP contribution is -2.39. The molecule has 1 atom stereocenters. The molecule has 0 aromatic heterocycles. The molecule has 0 saturated carbocycles. The lowest BCUT2D eigenvalue weighted by Gasteiger charge is -2.18. The Morgan fingerprint density at radius 2 is 1.90 bits per heavy atom. The number of benzene rings is 1. The SMILES string of the molecule is COc1ccc(OC)c(NCC(=O)NC(C)C(C)C)c1. The summed E-state index contributed by atoms with van der Waals surface area (Å²) in [6.45, 7) is 6.34. The molecule has 1 unspecified atom stereocenters. The zero-order chi connectivity index (χ0) is 15.1. The number of hydrogen-bond acceptors (Lipinski definition) is 4. The van der Waals surface area contributed by atoms with Gasteiger partial charge in [0.25, 0.3) is 0 Å². The van der Waals surface area contributed by atoms with E-state index < -0.39 is 0 Å². The summed E-state index contributed by atoms with van der Waals surface area (Å²) in [6, 6.07) is 5.56. The molecule has 0 heterocycles. The molecule has 1 amide bonds. The standard InChI is InChI=1S/C15H24N2O3/c1-10(2)11(3)17-15(18)9-16-13-8-12(19-4)6-7-14(13)20-5/h6-8,10-11,16H,9H2,1-5H3,(H,17,18). The van der Waals surface area contributed by atoms with Crippen LogP contribution in [0.5, 0.6) is 11.5 Å². The van der Waals surface area contributed by atoms with Crippen molar-refractivity contribution in [3.05, 3.63) is 18.2 Å². The van der Waals surface area contributed by atoms with E-state index in [0.29, 0.717) is 17.4 Å². The smallest absolute Gasteiger partial charge is 0.239 e. The van der Waals surface area contributed by atoms with Gasteiger partial charge in [0, 0.05) is 12.1 Å². The largest absolute Gasteiger partial charge is 0.497 e. The van der Waals surface area contributed by atoms with Crippen molar-refractivity contribution >= 4 is 11.6 Å². The summed E-state index contributed by atoms with van der Waals surface area (Å²) in [6.07, 6.45) is 0. The van der Waals surface area contributed by atoms with E-state index in [2.05, 4.69) is 24.5 Å². The van der Waals surface area contributed by atoms with E-state index in [-0.39, 0.29) is 18.5 Å². The van der Waals surface area contributed by atoms with Crippen molar-refractivity contribution in [2.75, 3.05) is 26.1 Å². The number of anilines is 1. The van der Waals surface area contributed by atoms with Crippen molar-refractivity contribution < 1.29 is 14.3 Å². The van der Waals surface area contributed by atoms with Crippen molar-refractivity contribution in [3.8, 4) is 11.5 Å². The van der Waals surface area contributed by atoms with Gasteiger partial charge in [0.05, 0.1) is 26.5 Å². The van der Waals surface area contributed by atoms with Gasteiger partial charge in [0.1, 0.15) is 11.5 Å². The molecule has 1 aromatic carbocycles. The van der Waals surface area contributed by atoms with Gasteiger partial charge >= 0.3 is 0 Å². The third-order valence-corrected chi connectivity index (χ3v) is 3.23. The Morgan fingerprint density at radius 1 is 1.20 bits per heavy atom. The van der Waals surface area contributed by atoms with Gasteiger partial charge in [-0.15, -0.1) is 0 Å². The molecule has 0 aliphatic rings. The second-order valence-corrected chi connectivity index (χ2v) is 5.02. The van der Waals surface area contributed by atoms with Crippen molar-refractivity contribution in [1.82, 2.24) is 5.32 Å². The van der Waals surface area contributed by atoms with Crippen LogP contribution in [0.2, 0.25) is 0 Å². The van der Waals surface area contributed by atoms with E-state index in [4.69, 9.17) is 9.47 Å². The van der Waals surface area contributed by atoms with Crippen LogP contribution in [-0.4, -0.2) is 32.7 Å². The maximum Gasteiger partial charge on any atom is 0.239 e. The van der Waals surface area contributed by atoms with Gasteiger partial charge in [-0.2, -0.15) is 0 Å². The molecule has 0 saturated heterocycles. The Morgan fingerprint density at radius 3 is 2.45 bits per heavy atom. The molecule has 0 bridgehead atoms. The maximum absolute atomic E-state index is 11.8. The van der Waals surface area contributed by atoms with Crippen LogP contribution in [-0.2, 0) is 4.79 Å². The first kappa shape index (κ1) is 16.1. The quantitative estimate of drug-likeness (QED) is 0.804. The van der Waals surface area contributed by atoms with Crippen LogP contribution in [0, 0.1) is 5.92 Å². The second kappa shape index (κ2) is 7.62. The van der Waals surface area contributed by atoms with Crippen molar-refractivity contribution in [2.24, 2.45) is 5.92 Å². The molecule has 20 heavy (non-hydrogen) atoms. The van der Waals surface area contributed by atoms with Crippen molar-refractivity contribution in [2.45, 2.75) is 26.8 Å². The summed E-state index contributed by atoms with van der Waals surface area (Å²) in [4.78, 5) is 11.8. The summed E-state index contributed by atoms with van der Waals surface area (Å²) in [7, 11) is 3.19. The molecule has 0 radical (unpaired) electrons. The number of rotatable bonds is 7. The van der Waals surface area contributed by atoms with Crippen LogP contribution in [0.3, 0.4) is 0 Å². The first-order valence-corrected chi connectivity index (χ1v) is 6.73. The average molecular weight is 280 g/mol. The normalized spacial score (nSPS) is 11.9. The van der Waals surface area contributed by atoms with Gasteiger partial charge in [-0.3, -0.25) is 4.79 Å². The summed E-state index contributed by atoms with van der Waals surface area (Å²) in [5.41, 5.74) is 0.735. The highest BCUT2D eigenvalue weighted by Crippen LogP contribution is 2.28. The highest BCUT2D eigenvalue weighted by Gasteiger charge is 2.11. The summed E-state index contributed by atoms with van der Waals surface area (Å²) < 4.78 is 10.4. The second-order valence-electron chi connectivity index (χ2n) is 5.02. The van der Waals surface area contributed by atoms with Gasteiger partial charge < -0.3 is 20.1 Å². The van der Waals surface area contributed by atoms with Crippen LogP contribution in [0.4, 0.5) is 5.69 Å². The number of carbonyl (C=O) groups is 1. The number of carbonyl (C=O) groups excluding carboxylic acids is 1. The highest BCUT2D eigenvalue weighted by atomic mass is 16.5. The van der Waals surface area contributed by atoms with Crippen LogP contribution >= 0.6 is 0 Å². The molecular weight excluding hydrogens is 256 g/mol. The van der Waals surface area contributed by atoms with E-state index in [9.17, 15) is 4.79 Å². The zero-order valence-corrected chi connectivity index (χ0v) is 12.8. The third-order valence-electron chi connectivity index (χ3n) is 3.23. The molecule has 5 heteroatoms. The number of nitrogens with one attached hydrogen (secondary N) is 2. The molecule has 112 valence electrons. The molecule has 0 aliphatic carbocycles. The summed E-state index contributed by atoms with van der Waals surface area (Å²) in [5, 5.41) is 6.01. The predicted octanol–water partition coefficient (Wildman–Crippen LogP) is 2.28. The Hall–Kier alpha value is -1.91. The Balaban J connectivity index is 2.62. The predicted molar refractivity (Wildman–Crippen MR) is 80.5 cm³/mol. The number of hydrogen-bond donors (Lipinski definition) is 2. The molecule has 0 aliphatic heterocycles. The lowest BCUT2D eigenvalue weighted by atomic mass is 10.1. The zero-order valence-electron chi connectivity index (χ0n) is 12.8. The lowest BCUT2D eigenvalue weighted by molar-refractivity contribution is -0.120. The molecular formula is C15H24N2O3. The van der Waals surface area contributed by atoms with E-state index >= 15 is 0 Å². The minimum absolute atomic E-state index is 0.0453. The summed E-state index contributed by atoms with van der Waals surface area (Å²) >= 11 is 0. The maximum atomic E-state index is 11.8. The average Bonchev–Trinajstić information content (AvgIpc) is 2.44. The van der Waals surface area contributed by atoms with Crippen molar-refractivity contribution in [3.63, 3.8) is 0 Å². The van der Waals surface area contributed by atoms with E-state index in [1.165, 1.54) is 0 Å². The van der Waals surface area contributed by atoms with Crippen LogP contribution < -0.4 is 20.1 Å². The van der Waals surface area contributed by atoms with Crippen LogP contribution in [0.15, 0.2) is 18.2 Å². The van der Waals surface area contributed by atoms with Gasteiger partial charge in [-0.25, -0.2) is 0 Å². The Kier molecular flexibility index (Phi) is 6.15. The number of methoxy groups -OCH3 is 2. The first-order chi connectivity index (χ1) is 9.47. The number of ether oxygens (including phenoxy) is 2. The fourth-order valence-corrected chi connectivity index (χ4v) is 1.60. The Labute approximate surface area is 120 Å². The van der Waals surface area contributed by atoms with Gasteiger partial charge in [0.2, 0.25) is 5.91 Å². The van der Waals surface area contributed by atoms with Gasteiger partial charge in [-0.05, 0) is 25.0 Å². The van der Waals surface area contributed by atoms with E-state index in [1.807, 2.05) is 13.0 Å². The van der Waals surface area contributed by atoms with Crippen LogP contribution in [0.25, 0.3) is 0 Å². The van der Waals surface area contributed by atoms with E-state index in [0.717, 1.165) is 5.69 Å². The molecule has 2 N–H and O–H groups in total. The fourth-order valence-electron chi connectivity index (χ4n) is 1.60. The minimum atomic E-state index is -0.0453. The summed E-state index contributed by atoms with van der Waals surface area (Å²) in [5.74, 6) is 1.75. The van der Waals surface area contributed by atoms with E-state index in [1.54, 1.807) is 26.4 Å². The van der Waals surface area contributed by atoms with Crippen molar-refractivity contribution in [1.29, 1.82) is 0 Å². The first-order valence-electron chi connectivity index (χ1n) is 6.73. The number of amides is 1. The van der Waals surface area contributed by atoms with Crippen LogP contribution in [0.1, 0.15) is 20.8 Å². The highest BCUT2D eigenvalue weighted by molar-refractivity contribution is 5.81. The van der Waals surface area contributed by atoms with Gasteiger partial charge in [0.15, 0.2) is 0 Å². The molecule has 1 rings (SSSR count). The Bertz CT molecular complexity index is 447. The molecule has 1 aromatic rings. The third kappa shape index (κ3) is 4.64. The van der Waals surface area contributed by atoms with Gasteiger partial charge in [-0.1, -0.05) is 13.8 Å².